The van der Waals surface area contributed by atoms with E-state index in [9.17, 15) is 8.42 Å². The molecule has 1 aromatic carbocycles. The number of sulfonamides is 1. The smallest absolute Gasteiger partial charge is 0.242 e. The van der Waals surface area contributed by atoms with Gasteiger partial charge in [-0.2, -0.15) is 5.26 Å². The normalized spacial score (nSPS) is 19.9. The van der Waals surface area contributed by atoms with Crippen molar-refractivity contribution in [2.75, 3.05) is 25.9 Å². The Bertz CT molecular complexity index is 636. The number of rotatable bonds is 4. The third kappa shape index (κ3) is 3.10. The summed E-state index contributed by atoms with van der Waals surface area (Å²) in [5.74, 6) is 0. The number of nitrogen functional groups attached to an aromatic ring is 1. The molecule has 1 aliphatic rings. The molecular formula is C13H18N4O2S. The minimum atomic E-state index is -3.64. The van der Waals surface area contributed by atoms with Gasteiger partial charge in [0, 0.05) is 12.6 Å². The van der Waals surface area contributed by atoms with E-state index in [4.69, 9.17) is 11.0 Å². The van der Waals surface area contributed by atoms with Gasteiger partial charge in [0.1, 0.15) is 4.90 Å². The zero-order chi connectivity index (χ0) is 14.8. The van der Waals surface area contributed by atoms with Gasteiger partial charge in [0.05, 0.1) is 17.3 Å². The fourth-order valence-corrected chi connectivity index (χ4v) is 3.57. The summed E-state index contributed by atoms with van der Waals surface area (Å²) in [6, 6.07) is 6.35. The Balaban J connectivity index is 2.12. The number of hydrogen-bond acceptors (Lipinski definition) is 5. The summed E-state index contributed by atoms with van der Waals surface area (Å²) in [6.45, 7) is 1.36. The van der Waals surface area contributed by atoms with E-state index in [1.807, 2.05) is 13.1 Å². The Kier molecular flexibility index (Phi) is 4.28. The summed E-state index contributed by atoms with van der Waals surface area (Å²) in [5.41, 5.74) is 6.15. The average Bonchev–Trinajstić information content (AvgIpc) is 2.81. The highest BCUT2D eigenvalue weighted by Gasteiger charge is 2.24. The van der Waals surface area contributed by atoms with Crippen LogP contribution in [0.3, 0.4) is 0 Å². The Morgan fingerprint density at radius 3 is 2.85 bits per heavy atom. The number of nitriles is 1. The molecule has 0 radical (unpaired) electrons. The van der Waals surface area contributed by atoms with E-state index < -0.39 is 10.0 Å². The largest absolute Gasteiger partial charge is 0.398 e. The van der Waals surface area contributed by atoms with Crippen LogP contribution in [0.5, 0.6) is 0 Å². The molecule has 0 aromatic heterocycles. The molecule has 1 heterocycles. The number of likely N-dealkylation sites (N-methyl/N-ethyl adjacent to an activating group) is 1. The van der Waals surface area contributed by atoms with E-state index in [1.165, 1.54) is 18.2 Å². The molecule has 2 rings (SSSR count). The van der Waals surface area contributed by atoms with E-state index >= 15 is 0 Å². The van der Waals surface area contributed by atoms with Crippen molar-refractivity contribution in [3.63, 3.8) is 0 Å². The highest BCUT2D eigenvalue weighted by molar-refractivity contribution is 7.89. The van der Waals surface area contributed by atoms with Gasteiger partial charge in [0.2, 0.25) is 10.0 Å². The third-order valence-corrected chi connectivity index (χ3v) is 5.11. The molecule has 0 amide bonds. The third-order valence-electron chi connectivity index (χ3n) is 3.61. The molecule has 0 spiro atoms. The molecule has 6 nitrogen and oxygen atoms in total. The van der Waals surface area contributed by atoms with Gasteiger partial charge in [0.25, 0.3) is 0 Å². The molecule has 3 N–H and O–H groups in total. The van der Waals surface area contributed by atoms with Crippen LogP contribution in [0.15, 0.2) is 23.1 Å². The molecule has 20 heavy (non-hydrogen) atoms. The van der Waals surface area contributed by atoms with Crippen LogP contribution in [-0.4, -0.2) is 39.5 Å². The molecule has 1 fully saturated rings. The number of nitrogens with zero attached hydrogens (tertiary/aromatic N) is 2. The van der Waals surface area contributed by atoms with Gasteiger partial charge in [-0.3, -0.25) is 0 Å². The second-order valence-electron chi connectivity index (χ2n) is 4.99. The van der Waals surface area contributed by atoms with Crippen molar-refractivity contribution in [3.05, 3.63) is 23.8 Å². The first kappa shape index (κ1) is 14.8. The van der Waals surface area contributed by atoms with Crippen LogP contribution in [0.4, 0.5) is 5.69 Å². The lowest BCUT2D eigenvalue weighted by Crippen LogP contribution is -2.38. The van der Waals surface area contributed by atoms with Gasteiger partial charge in [-0.1, -0.05) is 0 Å². The Hall–Kier alpha value is -1.62. The van der Waals surface area contributed by atoms with Crippen LogP contribution < -0.4 is 10.5 Å². The highest BCUT2D eigenvalue weighted by atomic mass is 32.2. The van der Waals surface area contributed by atoms with Crippen molar-refractivity contribution >= 4 is 15.7 Å². The molecule has 0 saturated carbocycles. The van der Waals surface area contributed by atoms with Gasteiger partial charge in [-0.25, -0.2) is 13.1 Å². The zero-order valence-corrected chi connectivity index (χ0v) is 12.2. The molecule has 108 valence electrons. The molecule has 0 aliphatic carbocycles. The van der Waals surface area contributed by atoms with E-state index in [2.05, 4.69) is 9.62 Å². The lowest BCUT2D eigenvalue weighted by molar-refractivity contribution is 0.311. The zero-order valence-electron chi connectivity index (χ0n) is 11.3. The summed E-state index contributed by atoms with van der Waals surface area (Å²) in [6.07, 6.45) is 2.07. The first-order chi connectivity index (χ1) is 9.44. The van der Waals surface area contributed by atoms with Crippen molar-refractivity contribution in [2.24, 2.45) is 0 Å². The van der Waals surface area contributed by atoms with E-state index in [0.717, 1.165) is 19.4 Å². The molecule has 1 unspecified atom stereocenters. The minimum Gasteiger partial charge on any atom is -0.398 e. The lowest BCUT2D eigenvalue weighted by Gasteiger charge is -2.20. The predicted octanol–water partition coefficient (Wildman–Crippen LogP) is 0.513. The van der Waals surface area contributed by atoms with Crippen molar-refractivity contribution in [3.8, 4) is 6.07 Å². The predicted molar refractivity (Wildman–Crippen MR) is 76.4 cm³/mol. The fraction of sp³-hybridized carbons (Fsp3) is 0.462. The number of anilines is 1. The maximum atomic E-state index is 12.2. The van der Waals surface area contributed by atoms with E-state index in [-0.39, 0.29) is 16.6 Å². The van der Waals surface area contributed by atoms with Crippen LogP contribution in [0.25, 0.3) is 0 Å². The van der Waals surface area contributed by atoms with Crippen molar-refractivity contribution in [1.29, 1.82) is 5.26 Å². The lowest BCUT2D eigenvalue weighted by atomic mass is 10.2. The Labute approximate surface area is 119 Å². The second kappa shape index (κ2) is 5.79. The SMILES string of the molecule is CN1CCCC1CNS(=O)(=O)c1ccc(C#N)cc1N. The molecule has 1 aromatic rings. The van der Waals surface area contributed by atoms with E-state index in [0.29, 0.717) is 12.1 Å². The number of hydrogen-bond donors (Lipinski definition) is 2. The summed E-state index contributed by atoms with van der Waals surface area (Å²) >= 11 is 0. The van der Waals surface area contributed by atoms with Gasteiger partial charge in [-0.15, -0.1) is 0 Å². The molecule has 1 aliphatic heterocycles. The molecule has 1 atom stereocenters. The average molecular weight is 294 g/mol. The standard InChI is InChI=1S/C13H18N4O2S/c1-17-6-2-3-11(17)9-16-20(18,19)13-5-4-10(8-14)7-12(13)15/h4-5,7,11,16H,2-3,6,9,15H2,1H3. The topological polar surface area (TPSA) is 99.2 Å². The number of benzene rings is 1. The van der Waals surface area contributed by atoms with Crippen LogP contribution in [0, 0.1) is 11.3 Å². The van der Waals surface area contributed by atoms with Crippen LogP contribution in [-0.2, 0) is 10.0 Å². The molecule has 1 saturated heterocycles. The summed E-state index contributed by atoms with van der Waals surface area (Å²) < 4.78 is 27.0. The summed E-state index contributed by atoms with van der Waals surface area (Å²) in [7, 11) is -1.65. The van der Waals surface area contributed by atoms with Gasteiger partial charge < -0.3 is 10.6 Å². The van der Waals surface area contributed by atoms with Crippen molar-refractivity contribution in [1.82, 2.24) is 9.62 Å². The van der Waals surface area contributed by atoms with Gasteiger partial charge >= 0.3 is 0 Å². The first-order valence-electron chi connectivity index (χ1n) is 6.43. The van der Waals surface area contributed by atoms with Crippen LogP contribution in [0.1, 0.15) is 18.4 Å². The molecular weight excluding hydrogens is 276 g/mol. The first-order valence-corrected chi connectivity index (χ1v) is 7.92. The molecule has 0 bridgehead atoms. The highest BCUT2D eigenvalue weighted by Crippen LogP contribution is 2.20. The summed E-state index contributed by atoms with van der Waals surface area (Å²) in [4.78, 5) is 2.17. The minimum absolute atomic E-state index is 0.0251. The van der Waals surface area contributed by atoms with E-state index in [1.54, 1.807) is 0 Å². The number of likely N-dealkylation sites (tertiary alicyclic amines) is 1. The monoisotopic (exact) mass is 294 g/mol. The van der Waals surface area contributed by atoms with Crippen LogP contribution in [0.2, 0.25) is 0 Å². The van der Waals surface area contributed by atoms with Crippen molar-refractivity contribution < 1.29 is 8.42 Å². The molecule has 7 heteroatoms. The number of nitrogens with one attached hydrogen (secondary N) is 1. The number of nitrogens with two attached hydrogens (primary N) is 1. The summed E-state index contributed by atoms with van der Waals surface area (Å²) in [5, 5.41) is 8.76. The van der Waals surface area contributed by atoms with Crippen molar-refractivity contribution in [2.45, 2.75) is 23.8 Å². The maximum absolute atomic E-state index is 12.2. The fourth-order valence-electron chi connectivity index (χ4n) is 2.38. The van der Waals surface area contributed by atoms with Gasteiger partial charge in [-0.05, 0) is 44.6 Å². The maximum Gasteiger partial charge on any atom is 0.242 e. The van der Waals surface area contributed by atoms with Crippen LogP contribution >= 0.6 is 0 Å². The second-order valence-corrected chi connectivity index (χ2v) is 6.73. The Morgan fingerprint density at radius 1 is 1.55 bits per heavy atom. The van der Waals surface area contributed by atoms with Gasteiger partial charge in [0.15, 0.2) is 0 Å². The quantitative estimate of drug-likeness (QED) is 0.788. The Morgan fingerprint density at radius 2 is 2.30 bits per heavy atom.